The first-order valence-corrected chi connectivity index (χ1v) is 15.2. The number of nitrogens with one attached hydrogen (secondary N) is 2. The van der Waals surface area contributed by atoms with Gasteiger partial charge in [0.1, 0.15) is 17.2 Å². The van der Waals surface area contributed by atoms with Crippen LogP contribution in [0.15, 0.2) is 91.0 Å². The molecule has 0 fully saturated rings. The molecule has 0 radical (unpaired) electrons. The lowest BCUT2D eigenvalue weighted by molar-refractivity contribution is -0.126. The van der Waals surface area contributed by atoms with E-state index >= 15 is 0 Å². The lowest BCUT2D eigenvalue weighted by Gasteiger charge is -2.21. The summed E-state index contributed by atoms with van der Waals surface area (Å²) in [6, 6.07) is 22.3. The highest BCUT2D eigenvalue weighted by Crippen LogP contribution is 2.14. The highest BCUT2D eigenvalue weighted by atomic mass is 16.5. The van der Waals surface area contributed by atoms with Gasteiger partial charge in [-0.2, -0.15) is 0 Å². The van der Waals surface area contributed by atoms with Crippen LogP contribution >= 0.6 is 0 Å². The Hall–Kier alpha value is -5.31. The van der Waals surface area contributed by atoms with Crippen LogP contribution < -0.4 is 24.8 Å². The first kappa shape index (κ1) is 35.2. The van der Waals surface area contributed by atoms with Crippen LogP contribution in [0.3, 0.4) is 0 Å². The monoisotopic (exact) mass is 625 g/mol. The Balaban J connectivity index is 1.46. The number of unbranched alkanes of at least 4 members (excludes halogenated alkanes) is 1. The second kappa shape index (κ2) is 19.9. The molecule has 3 rings (SSSR count). The van der Waals surface area contributed by atoms with Crippen LogP contribution in [0.25, 0.3) is 18.2 Å². The number of ether oxygens (including phenoxy) is 3. The summed E-state index contributed by atoms with van der Waals surface area (Å²) in [5.41, 5.74) is 2.67. The minimum absolute atomic E-state index is 0.118. The molecular formula is C37H43N3O6. The average molecular weight is 626 g/mol. The van der Waals surface area contributed by atoms with Crippen LogP contribution in [0, 0.1) is 0 Å². The third-order valence-corrected chi connectivity index (χ3v) is 6.99. The van der Waals surface area contributed by atoms with Gasteiger partial charge in [-0.15, -0.1) is 0 Å². The van der Waals surface area contributed by atoms with Gasteiger partial charge in [-0.05, 0) is 90.6 Å². The molecule has 0 saturated carbocycles. The van der Waals surface area contributed by atoms with E-state index in [0.29, 0.717) is 45.4 Å². The third kappa shape index (κ3) is 13.1. The molecule has 3 aromatic rings. The number of benzene rings is 3. The Morgan fingerprint density at radius 3 is 1.33 bits per heavy atom. The smallest absolute Gasteiger partial charge is 0.246 e. The molecule has 3 amide bonds. The molecule has 0 aromatic heterocycles. The molecule has 0 aliphatic carbocycles. The van der Waals surface area contributed by atoms with Crippen molar-refractivity contribution in [1.29, 1.82) is 0 Å². The van der Waals surface area contributed by atoms with E-state index in [1.807, 2.05) is 72.8 Å². The fourth-order valence-corrected chi connectivity index (χ4v) is 4.33. The summed E-state index contributed by atoms with van der Waals surface area (Å²) in [5, 5.41) is 5.77. The molecule has 242 valence electrons. The van der Waals surface area contributed by atoms with Gasteiger partial charge in [-0.25, -0.2) is 0 Å². The molecule has 2 N–H and O–H groups in total. The van der Waals surface area contributed by atoms with E-state index in [0.717, 1.165) is 33.9 Å². The number of amides is 3. The number of carbonyl (C=O) groups is 3. The van der Waals surface area contributed by atoms with E-state index in [9.17, 15) is 14.4 Å². The summed E-state index contributed by atoms with van der Waals surface area (Å²) in [6.45, 7) is 1.92. The van der Waals surface area contributed by atoms with Crippen molar-refractivity contribution in [2.24, 2.45) is 0 Å². The number of carbonyl (C=O) groups excluding carboxylic acids is 3. The second-order valence-corrected chi connectivity index (χ2v) is 10.3. The molecule has 0 heterocycles. The highest BCUT2D eigenvalue weighted by Gasteiger charge is 2.11. The van der Waals surface area contributed by atoms with E-state index in [2.05, 4.69) is 10.6 Å². The lowest BCUT2D eigenvalue weighted by Crippen LogP contribution is -2.34. The molecule has 9 heteroatoms. The van der Waals surface area contributed by atoms with Crippen molar-refractivity contribution in [3.05, 3.63) is 108 Å². The predicted molar refractivity (Wildman–Crippen MR) is 183 cm³/mol. The minimum Gasteiger partial charge on any atom is -0.497 e. The van der Waals surface area contributed by atoms with Crippen molar-refractivity contribution in [2.45, 2.75) is 19.3 Å². The Labute approximate surface area is 271 Å². The fraction of sp³-hybridized carbons (Fsp3) is 0.270. The van der Waals surface area contributed by atoms with Crippen molar-refractivity contribution >= 4 is 35.9 Å². The molecule has 46 heavy (non-hydrogen) atoms. The van der Waals surface area contributed by atoms with E-state index in [1.54, 1.807) is 50.5 Å². The first-order chi connectivity index (χ1) is 22.4. The second-order valence-electron chi connectivity index (χ2n) is 10.3. The van der Waals surface area contributed by atoms with E-state index in [1.165, 1.54) is 12.2 Å². The zero-order valence-corrected chi connectivity index (χ0v) is 26.7. The number of methoxy groups -OCH3 is 3. The fourth-order valence-electron chi connectivity index (χ4n) is 4.33. The quantitative estimate of drug-likeness (QED) is 0.145. The van der Waals surface area contributed by atoms with E-state index in [-0.39, 0.29) is 17.7 Å². The van der Waals surface area contributed by atoms with Gasteiger partial charge in [0.15, 0.2) is 0 Å². The summed E-state index contributed by atoms with van der Waals surface area (Å²) in [4.78, 5) is 39.4. The summed E-state index contributed by atoms with van der Waals surface area (Å²) >= 11 is 0. The maximum Gasteiger partial charge on any atom is 0.246 e. The van der Waals surface area contributed by atoms with Gasteiger partial charge in [-0.3, -0.25) is 14.4 Å². The van der Waals surface area contributed by atoms with Crippen LogP contribution in [-0.2, 0) is 14.4 Å². The number of hydrogen-bond donors (Lipinski definition) is 2. The Morgan fingerprint density at radius 2 is 0.913 bits per heavy atom. The number of rotatable bonds is 18. The van der Waals surface area contributed by atoms with Gasteiger partial charge in [-0.1, -0.05) is 36.4 Å². The van der Waals surface area contributed by atoms with E-state index in [4.69, 9.17) is 14.2 Å². The zero-order chi connectivity index (χ0) is 33.0. The van der Waals surface area contributed by atoms with Crippen LogP contribution in [0.5, 0.6) is 17.2 Å². The molecule has 0 saturated heterocycles. The van der Waals surface area contributed by atoms with Crippen molar-refractivity contribution in [2.75, 3.05) is 47.5 Å². The Morgan fingerprint density at radius 1 is 0.543 bits per heavy atom. The molecule has 0 unspecified atom stereocenters. The zero-order valence-electron chi connectivity index (χ0n) is 26.7. The van der Waals surface area contributed by atoms with E-state index < -0.39 is 0 Å². The summed E-state index contributed by atoms with van der Waals surface area (Å²) in [5.74, 6) is 1.75. The van der Waals surface area contributed by atoms with Crippen LogP contribution in [-0.4, -0.2) is 70.1 Å². The van der Waals surface area contributed by atoms with Crippen LogP contribution in [0.2, 0.25) is 0 Å². The van der Waals surface area contributed by atoms with Crippen molar-refractivity contribution in [1.82, 2.24) is 15.5 Å². The molecule has 0 aliphatic rings. The van der Waals surface area contributed by atoms with Crippen molar-refractivity contribution < 1.29 is 28.6 Å². The maximum absolute atomic E-state index is 13.1. The topological polar surface area (TPSA) is 106 Å². The molecule has 0 atom stereocenters. The maximum atomic E-state index is 13.1. The van der Waals surface area contributed by atoms with Gasteiger partial charge >= 0.3 is 0 Å². The van der Waals surface area contributed by atoms with Crippen molar-refractivity contribution in [3.8, 4) is 17.2 Å². The normalized spacial score (nSPS) is 11.1. The van der Waals surface area contributed by atoms with Crippen LogP contribution in [0.1, 0.15) is 36.0 Å². The lowest BCUT2D eigenvalue weighted by atomic mass is 10.2. The highest BCUT2D eigenvalue weighted by molar-refractivity contribution is 5.93. The molecule has 3 aromatic carbocycles. The SMILES string of the molecule is COc1ccc(/C=C/C(=O)NCCCCN(CCCNC(=O)/C=C/c2ccc(OC)cc2)C(=O)/C=C/c2ccc(OC)cc2)cc1. The van der Waals surface area contributed by atoms with Crippen LogP contribution in [0.4, 0.5) is 0 Å². The number of hydrogen-bond acceptors (Lipinski definition) is 6. The summed E-state index contributed by atoms with van der Waals surface area (Å²) in [7, 11) is 4.82. The molecular weight excluding hydrogens is 582 g/mol. The standard InChI is InChI=1S/C37H43N3O6/c1-44-32-16-7-29(8-17-32)13-22-35(41)38-25-4-5-27-40(37(43)24-15-31-11-20-34(46-3)21-12-31)28-6-26-39-36(42)23-14-30-9-18-33(45-2)19-10-30/h7-24H,4-6,25-28H2,1-3H3,(H,38,41)(H,39,42)/b22-13+,23-14+,24-15+. The number of nitrogens with zero attached hydrogens (tertiary/aromatic N) is 1. The van der Waals surface area contributed by atoms with Gasteiger partial charge in [0.25, 0.3) is 0 Å². The molecule has 9 nitrogen and oxygen atoms in total. The molecule has 0 aliphatic heterocycles. The molecule has 0 bridgehead atoms. The Kier molecular flexibility index (Phi) is 15.2. The van der Waals surface area contributed by atoms with Crippen molar-refractivity contribution in [3.63, 3.8) is 0 Å². The third-order valence-electron chi connectivity index (χ3n) is 6.99. The average Bonchev–Trinajstić information content (AvgIpc) is 3.10. The van der Waals surface area contributed by atoms with Gasteiger partial charge < -0.3 is 29.7 Å². The molecule has 0 spiro atoms. The summed E-state index contributed by atoms with van der Waals surface area (Å²) in [6.07, 6.45) is 11.8. The summed E-state index contributed by atoms with van der Waals surface area (Å²) < 4.78 is 15.5. The first-order valence-electron chi connectivity index (χ1n) is 15.2. The van der Waals surface area contributed by atoms with Gasteiger partial charge in [0.05, 0.1) is 21.3 Å². The van der Waals surface area contributed by atoms with Gasteiger partial charge in [0, 0.05) is 44.4 Å². The minimum atomic E-state index is -0.204. The van der Waals surface area contributed by atoms with Gasteiger partial charge in [0.2, 0.25) is 17.7 Å². The largest absolute Gasteiger partial charge is 0.497 e. The Bertz CT molecular complexity index is 1460. The predicted octanol–water partition coefficient (Wildman–Crippen LogP) is 5.38.